The molecule has 0 saturated heterocycles. The van der Waals surface area contributed by atoms with Gasteiger partial charge in [0.25, 0.3) is 0 Å². The van der Waals surface area contributed by atoms with E-state index in [1.807, 2.05) is 11.8 Å². The number of hydrogen-bond acceptors (Lipinski definition) is 6. The van der Waals surface area contributed by atoms with Gasteiger partial charge in [0.05, 0.1) is 5.25 Å². The topological polar surface area (TPSA) is 87.9 Å². The van der Waals surface area contributed by atoms with E-state index in [1.54, 1.807) is 11.3 Å². The summed E-state index contributed by atoms with van der Waals surface area (Å²) in [4.78, 5) is 19.8. The SMILES string of the molecule is CC(Sc1n[nH]c(N)n1)C(=O)N1CCc2sccc2C1. The molecule has 2 aromatic rings. The van der Waals surface area contributed by atoms with Crippen LogP contribution in [0, 0.1) is 0 Å². The predicted octanol–water partition coefficient (Wildman–Crippen LogP) is 1.51. The fraction of sp³-hybridized carbons (Fsp3) is 0.417. The van der Waals surface area contributed by atoms with E-state index in [0.717, 1.165) is 13.0 Å². The van der Waals surface area contributed by atoms with E-state index >= 15 is 0 Å². The average Bonchev–Trinajstić information content (AvgIpc) is 3.05. The molecule has 0 radical (unpaired) electrons. The molecule has 8 heteroatoms. The molecule has 1 unspecified atom stereocenters. The van der Waals surface area contributed by atoms with Gasteiger partial charge < -0.3 is 10.6 Å². The number of carbonyl (C=O) groups excluding carboxylic acids is 1. The van der Waals surface area contributed by atoms with Crippen LogP contribution in [0.2, 0.25) is 0 Å². The number of H-pyrrole nitrogens is 1. The second-order valence-electron chi connectivity index (χ2n) is 4.64. The van der Waals surface area contributed by atoms with Crippen LogP contribution in [0.3, 0.4) is 0 Å². The smallest absolute Gasteiger partial charge is 0.236 e. The van der Waals surface area contributed by atoms with Crippen LogP contribution in [-0.2, 0) is 17.8 Å². The zero-order chi connectivity index (χ0) is 14.1. The zero-order valence-corrected chi connectivity index (χ0v) is 12.6. The van der Waals surface area contributed by atoms with Gasteiger partial charge in [0, 0.05) is 18.0 Å². The lowest BCUT2D eigenvalue weighted by Gasteiger charge is -2.28. The molecule has 1 atom stereocenters. The van der Waals surface area contributed by atoms with Crippen LogP contribution >= 0.6 is 23.1 Å². The molecule has 1 aliphatic heterocycles. The first-order valence-corrected chi connectivity index (χ1v) is 8.08. The molecule has 0 aromatic carbocycles. The van der Waals surface area contributed by atoms with Crippen molar-refractivity contribution in [2.75, 3.05) is 12.3 Å². The molecule has 20 heavy (non-hydrogen) atoms. The number of nitrogens with zero attached hydrogens (tertiary/aromatic N) is 3. The summed E-state index contributed by atoms with van der Waals surface area (Å²) in [6.07, 6.45) is 0.948. The minimum atomic E-state index is -0.217. The summed E-state index contributed by atoms with van der Waals surface area (Å²) >= 11 is 3.10. The average molecular weight is 309 g/mol. The molecule has 0 bridgehead atoms. The Balaban J connectivity index is 1.64. The molecule has 0 fully saturated rings. The van der Waals surface area contributed by atoms with Crippen molar-refractivity contribution >= 4 is 35.0 Å². The highest BCUT2D eigenvalue weighted by molar-refractivity contribution is 8.00. The minimum absolute atomic E-state index is 0.121. The Labute approximate surface area is 124 Å². The predicted molar refractivity (Wildman–Crippen MR) is 79.6 cm³/mol. The molecular formula is C12H15N5OS2. The third kappa shape index (κ3) is 2.66. The van der Waals surface area contributed by atoms with Crippen LogP contribution in [0.1, 0.15) is 17.4 Å². The van der Waals surface area contributed by atoms with Crippen molar-refractivity contribution in [3.63, 3.8) is 0 Å². The molecule has 0 aliphatic carbocycles. The van der Waals surface area contributed by atoms with Crippen LogP contribution in [0.4, 0.5) is 5.95 Å². The number of nitrogens with one attached hydrogen (secondary N) is 1. The van der Waals surface area contributed by atoms with E-state index in [0.29, 0.717) is 11.7 Å². The molecule has 1 aliphatic rings. The minimum Gasteiger partial charge on any atom is -0.368 e. The summed E-state index contributed by atoms with van der Waals surface area (Å²) in [5, 5.41) is 8.90. The molecule has 0 spiro atoms. The maximum Gasteiger partial charge on any atom is 0.236 e. The van der Waals surface area contributed by atoms with E-state index in [1.165, 1.54) is 22.2 Å². The van der Waals surface area contributed by atoms with E-state index in [2.05, 4.69) is 26.6 Å². The van der Waals surface area contributed by atoms with Gasteiger partial charge in [-0.25, -0.2) is 5.10 Å². The third-order valence-electron chi connectivity index (χ3n) is 3.23. The van der Waals surface area contributed by atoms with E-state index < -0.39 is 0 Å². The second kappa shape index (κ2) is 5.45. The normalized spacial score (nSPS) is 15.9. The maximum absolute atomic E-state index is 12.5. The van der Waals surface area contributed by atoms with Crippen molar-refractivity contribution < 1.29 is 4.79 Å². The van der Waals surface area contributed by atoms with Crippen molar-refractivity contribution in [1.29, 1.82) is 0 Å². The number of aromatic nitrogens is 3. The number of aromatic amines is 1. The number of thiophene rings is 1. The molecule has 106 valence electrons. The number of amides is 1. The zero-order valence-electron chi connectivity index (χ0n) is 11.0. The van der Waals surface area contributed by atoms with Crippen molar-refractivity contribution in [1.82, 2.24) is 20.1 Å². The molecular weight excluding hydrogens is 294 g/mol. The van der Waals surface area contributed by atoms with Crippen molar-refractivity contribution in [2.24, 2.45) is 0 Å². The van der Waals surface area contributed by atoms with Gasteiger partial charge in [-0.05, 0) is 30.4 Å². The fourth-order valence-corrected chi connectivity index (χ4v) is 3.92. The maximum atomic E-state index is 12.5. The largest absolute Gasteiger partial charge is 0.368 e. The lowest BCUT2D eigenvalue weighted by atomic mass is 10.1. The lowest BCUT2D eigenvalue weighted by Crippen LogP contribution is -2.39. The van der Waals surface area contributed by atoms with Gasteiger partial charge >= 0.3 is 0 Å². The number of carbonyl (C=O) groups is 1. The first kappa shape index (κ1) is 13.4. The van der Waals surface area contributed by atoms with Gasteiger partial charge in [0.15, 0.2) is 0 Å². The summed E-state index contributed by atoms with van der Waals surface area (Å²) in [5.41, 5.74) is 6.75. The summed E-state index contributed by atoms with van der Waals surface area (Å²) in [6.45, 7) is 3.37. The van der Waals surface area contributed by atoms with Crippen molar-refractivity contribution in [2.45, 2.75) is 30.3 Å². The van der Waals surface area contributed by atoms with Crippen LogP contribution in [0.15, 0.2) is 16.6 Å². The quantitative estimate of drug-likeness (QED) is 0.839. The first-order chi connectivity index (χ1) is 9.63. The van der Waals surface area contributed by atoms with Crippen molar-refractivity contribution in [3.05, 3.63) is 21.9 Å². The molecule has 1 amide bonds. The van der Waals surface area contributed by atoms with Gasteiger partial charge in [-0.3, -0.25) is 4.79 Å². The number of thioether (sulfide) groups is 1. The van der Waals surface area contributed by atoms with Crippen LogP contribution in [-0.4, -0.2) is 37.8 Å². The highest BCUT2D eigenvalue weighted by atomic mass is 32.2. The van der Waals surface area contributed by atoms with Gasteiger partial charge in [0.2, 0.25) is 17.0 Å². The summed E-state index contributed by atoms with van der Waals surface area (Å²) in [7, 11) is 0. The number of nitrogens with two attached hydrogens (primary N) is 1. The second-order valence-corrected chi connectivity index (χ2v) is 6.95. The Morgan fingerprint density at radius 3 is 3.25 bits per heavy atom. The Morgan fingerprint density at radius 1 is 1.65 bits per heavy atom. The highest BCUT2D eigenvalue weighted by Crippen LogP contribution is 2.27. The van der Waals surface area contributed by atoms with Crippen LogP contribution < -0.4 is 5.73 Å². The third-order valence-corrected chi connectivity index (χ3v) is 5.20. The van der Waals surface area contributed by atoms with Crippen LogP contribution in [0.25, 0.3) is 0 Å². The molecule has 3 N–H and O–H groups in total. The Morgan fingerprint density at radius 2 is 2.50 bits per heavy atom. The molecule has 6 nitrogen and oxygen atoms in total. The Kier molecular flexibility index (Phi) is 3.66. The fourth-order valence-electron chi connectivity index (χ4n) is 2.21. The van der Waals surface area contributed by atoms with Crippen LogP contribution in [0.5, 0.6) is 0 Å². The standard InChI is InChI=1S/C12H15N5OS2/c1-7(20-12-14-11(13)15-16-12)10(18)17-4-2-9-8(6-17)3-5-19-9/h3,5,7H,2,4,6H2,1H3,(H3,13,14,15,16). The van der Waals surface area contributed by atoms with Gasteiger partial charge in [-0.1, -0.05) is 11.8 Å². The first-order valence-electron chi connectivity index (χ1n) is 6.32. The summed E-state index contributed by atoms with van der Waals surface area (Å²) < 4.78 is 0. The number of nitrogen functional groups attached to an aromatic ring is 1. The summed E-state index contributed by atoms with van der Waals surface area (Å²) in [5.74, 6) is 0.392. The Hall–Kier alpha value is -1.54. The van der Waals surface area contributed by atoms with E-state index in [-0.39, 0.29) is 17.1 Å². The monoisotopic (exact) mass is 309 g/mol. The van der Waals surface area contributed by atoms with Gasteiger partial charge in [0.1, 0.15) is 0 Å². The molecule has 3 heterocycles. The van der Waals surface area contributed by atoms with Gasteiger partial charge in [-0.15, -0.1) is 16.4 Å². The molecule has 0 saturated carbocycles. The summed E-state index contributed by atoms with van der Waals surface area (Å²) in [6, 6.07) is 2.10. The molecule has 3 rings (SSSR count). The van der Waals surface area contributed by atoms with E-state index in [9.17, 15) is 4.79 Å². The molecule has 2 aromatic heterocycles. The van der Waals surface area contributed by atoms with E-state index in [4.69, 9.17) is 5.73 Å². The number of anilines is 1. The van der Waals surface area contributed by atoms with Gasteiger partial charge in [-0.2, -0.15) is 4.98 Å². The van der Waals surface area contributed by atoms with Crippen molar-refractivity contribution in [3.8, 4) is 0 Å². The number of hydrogen-bond donors (Lipinski definition) is 2. The Bertz CT molecular complexity index is 623. The number of rotatable bonds is 3. The lowest BCUT2D eigenvalue weighted by molar-refractivity contribution is -0.131. The highest BCUT2D eigenvalue weighted by Gasteiger charge is 2.26. The number of fused-ring (bicyclic) bond motifs is 1.